The van der Waals surface area contributed by atoms with Gasteiger partial charge in [0.2, 0.25) is 0 Å². The Labute approximate surface area is 190 Å². The molecule has 10 heteroatoms. The number of anilines is 2. The number of urea groups is 1. The molecule has 2 aromatic carbocycles. The van der Waals surface area contributed by atoms with Gasteiger partial charge in [0.25, 0.3) is 5.91 Å². The topological polar surface area (TPSA) is 159 Å². The van der Waals surface area contributed by atoms with E-state index in [9.17, 15) is 14.4 Å². The van der Waals surface area contributed by atoms with Gasteiger partial charge in [-0.3, -0.25) is 10.1 Å². The van der Waals surface area contributed by atoms with Crippen LogP contribution in [0.25, 0.3) is 0 Å². The zero-order valence-corrected chi connectivity index (χ0v) is 18.1. The smallest absolute Gasteiger partial charge is 0.335 e. The van der Waals surface area contributed by atoms with E-state index >= 15 is 0 Å². The molecule has 0 aliphatic rings. The summed E-state index contributed by atoms with van der Waals surface area (Å²) in [6.07, 6.45) is 2.28. The molecule has 3 rings (SSSR count). The number of hydrogen-bond donors (Lipinski definition) is 5. The predicted molar refractivity (Wildman–Crippen MR) is 123 cm³/mol. The summed E-state index contributed by atoms with van der Waals surface area (Å²) in [7, 11) is 0. The minimum atomic E-state index is -1.02. The summed E-state index contributed by atoms with van der Waals surface area (Å²) in [5, 5.41) is 14.2. The maximum Gasteiger partial charge on any atom is 0.335 e. The van der Waals surface area contributed by atoms with Gasteiger partial charge >= 0.3 is 12.0 Å². The van der Waals surface area contributed by atoms with Crippen molar-refractivity contribution in [3.05, 3.63) is 71.2 Å². The minimum absolute atomic E-state index is 0.0664. The summed E-state index contributed by atoms with van der Waals surface area (Å²) in [4.78, 5) is 42.2. The number of nitrogens with one attached hydrogen (secondary N) is 3. The van der Waals surface area contributed by atoms with E-state index in [2.05, 4.69) is 27.5 Å². The van der Waals surface area contributed by atoms with Gasteiger partial charge in [-0.15, -0.1) is 0 Å². The minimum Gasteiger partial charge on any atom is -0.494 e. The van der Waals surface area contributed by atoms with E-state index in [1.54, 1.807) is 36.4 Å². The molecule has 33 heavy (non-hydrogen) atoms. The molecule has 0 spiro atoms. The molecule has 0 aliphatic heterocycles. The van der Waals surface area contributed by atoms with Gasteiger partial charge in [0.1, 0.15) is 17.4 Å². The average Bonchev–Trinajstić information content (AvgIpc) is 3.17. The molecule has 0 unspecified atom stereocenters. The van der Waals surface area contributed by atoms with Gasteiger partial charge < -0.3 is 25.9 Å². The second-order valence-electron chi connectivity index (χ2n) is 7.26. The van der Waals surface area contributed by atoms with Crippen molar-refractivity contribution in [2.24, 2.45) is 5.73 Å². The second kappa shape index (κ2) is 10.8. The van der Waals surface area contributed by atoms with Crippen molar-refractivity contribution in [1.82, 2.24) is 9.97 Å². The molecule has 1 heterocycles. The number of hydrogen-bond acceptors (Lipinski definition) is 5. The number of aromatic nitrogens is 2. The van der Waals surface area contributed by atoms with Crippen LogP contribution in [0.2, 0.25) is 0 Å². The molecule has 0 saturated heterocycles. The number of aromatic carboxylic acids is 1. The summed E-state index contributed by atoms with van der Waals surface area (Å²) in [5.41, 5.74) is 6.75. The number of nitrogens with zero attached hydrogens (tertiary/aromatic N) is 1. The Hall–Kier alpha value is -4.34. The summed E-state index contributed by atoms with van der Waals surface area (Å²) >= 11 is 0. The van der Waals surface area contributed by atoms with Gasteiger partial charge in [-0.05, 0) is 48.4 Å². The summed E-state index contributed by atoms with van der Waals surface area (Å²) < 4.78 is 5.59. The lowest BCUT2D eigenvalue weighted by atomic mass is 10.1. The Bertz CT molecular complexity index is 1120. The number of carboxylic acids is 1. The molecular weight excluding hydrogens is 426 g/mol. The van der Waals surface area contributed by atoms with E-state index in [0.29, 0.717) is 23.9 Å². The second-order valence-corrected chi connectivity index (χ2v) is 7.26. The van der Waals surface area contributed by atoms with Crippen LogP contribution < -0.4 is 21.1 Å². The molecule has 0 fully saturated rings. The summed E-state index contributed by atoms with van der Waals surface area (Å²) in [5.74, 6) is -0.665. The van der Waals surface area contributed by atoms with Crippen LogP contribution in [0.4, 0.5) is 16.3 Å². The van der Waals surface area contributed by atoms with Gasteiger partial charge in [0.05, 0.1) is 12.2 Å². The Morgan fingerprint density at radius 3 is 2.36 bits per heavy atom. The van der Waals surface area contributed by atoms with Crippen molar-refractivity contribution in [2.45, 2.75) is 26.2 Å². The molecule has 10 nitrogen and oxygen atoms in total. The molecule has 3 amide bonds. The van der Waals surface area contributed by atoms with Crippen molar-refractivity contribution in [3.63, 3.8) is 0 Å². The van der Waals surface area contributed by atoms with E-state index in [1.807, 2.05) is 0 Å². The first-order valence-corrected chi connectivity index (χ1v) is 10.4. The molecular formula is C23H25N5O5. The van der Waals surface area contributed by atoms with Crippen molar-refractivity contribution in [1.29, 1.82) is 0 Å². The SMILES string of the molecule is CCCCOc1ccc(NC(=O)Nc2[nH]c(Cc3ccc(C(=O)O)cc3)nc2C(N)=O)cc1. The van der Waals surface area contributed by atoms with Crippen LogP contribution in [0.1, 0.15) is 52.0 Å². The number of aromatic amines is 1. The van der Waals surface area contributed by atoms with Crippen LogP contribution in [0.15, 0.2) is 48.5 Å². The Balaban J connectivity index is 1.64. The number of carboxylic acid groups (broad SMARTS) is 1. The van der Waals surface area contributed by atoms with Gasteiger partial charge in [-0.1, -0.05) is 25.5 Å². The first-order valence-electron chi connectivity index (χ1n) is 10.4. The molecule has 0 atom stereocenters. The number of amides is 3. The van der Waals surface area contributed by atoms with E-state index < -0.39 is 17.9 Å². The maximum absolute atomic E-state index is 12.4. The fourth-order valence-corrected chi connectivity index (χ4v) is 2.98. The predicted octanol–water partition coefficient (Wildman–Crippen LogP) is 3.62. The molecule has 1 aromatic heterocycles. The lowest BCUT2D eigenvalue weighted by molar-refractivity contribution is 0.0696. The standard InChI is InChI=1S/C23H25N5O5/c1-2-3-12-33-17-10-8-16(9-11-17)25-23(32)28-21-19(20(24)29)26-18(27-21)13-14-4-6-15(7-5-14)22(30)31/h4-11H,2-3,12-13H2,1H3,(H2,24,29)(H,26,27)(H,30,31)(H2,25,28,32). The van der Waals surface area contributed by atoms with Gasteiger partial charge in [-0.25, -0.2) is 14.6 Å². The largest absolute Gasteiger partial charge is 0.494 e. The third-order valence-corrected chi connectivity index (χ3v) is 4.68. The number of unbranched alkanes of at least 4 members (excludes halogenated alkanes) is 1. The zero-order valence-electron chi connectivity index (χ0n) is 18.1. The molecule has 0 aliphatic carbocycles. The number of ether oxygens (including phenoxy) is 1. The van der Waals surface area contributed by atoms with Gasteiger partial charge in [0, 0.05) is 12.1 Å². The van der Waals surface area contributed by atoms with Crippen molar-refractivity contribution in [2.75, 3.05) is 17.2 Å². The third kappa shape index (κ3) is 6.57. The van der Waals surface area contributed by atoms with Crippen molar-refractivity contribution in [3.8, 4) is 5.75 Å². The van der Waals surface area contributed by atoms with Crippen LogP contribution in [0.5, 0.6) is 5.75 Å². The van der Waals surface area contributed by atoms with Gasteiger partial charge in [0.15, 0.2) is 5.69 Å². The van der Waals surface area contributed by atoms with Crippen molar-refractivity contribution < 1.29 is 24.2 Å². The third-order valence-electron chi connectivity index (χ3n) is 4.68. The number of nitrogens with two attached hydrogens (primary N) is 1. The highest BCUT2D eigenvalue weighted by molar-refractivity contribution is 6.04. The number of H-pyrrole nitrogens is 1. The molecule has 0 saturated carbocycles. The number of primary amides is 1. The average molecular weight is 451 g/mol. The van der Waals surface area contributed by atoms with E-state index in [4.69, 9.17) is 15.6 Å². The van der Waals surface area contributed by atoms with Crippen LogP contribution in [0, 0.1) is 0 Å². The first kappa shape index (κ1) is 23.3. The molecule has 172 valence electrons. The van der Waals surface area contributed by atoms with E-state index in [0.717, 1.165) is 18.4 Å². The molecule has 0 bridgehead atoms. The molecule has 0 radical (unpaired) electrons. The lowest BCUT2D eigenvalue weighted by Crippen LogP contribution is -2.22. The van der Waals surface area contributed by atoms with Crippen molar-refractivity contribution >= 4 is 29.4 Å². The van der Waals surface area contributed by atoms with Gasteiger partial charge in [-0.2, -0.15) is 0 Å². The lowest BCUT2D eigenvalue weighted by Gasteiger charge is -2.09. The summed E-state index contributed by atoms with van der Waals surface area (Å²) in [6.45, 7) is 2.71. The number of imidazole rings is 1. The number of carbonyl (C=O) groups excluding carboxylic acids is 2. The fourth-order valence-electron chi connectivity index (χ4n) is 2.98. The van der Waals surface area contributed by atoms with E-state index in [1.165, 1.54) is 12.1 Å². The number of carbonyl (C=O) groups is 3. The highest BCUT2D eigenvalue weighted by Crippen LogP contribution is 2.18. The fraction of sp³-hybridized carbons (Fsp3) is 0.217. The van der Waals surface area contributed by atoms with Crippen LogP contribution in [-0.4, -0.2) is 39.6 Å². The quantitative estimate of drug-likeness (QED) is 0.296. The highest BCUT2D eigenvalue weighted by Gasteiger charge is 2.18. The van der Waals surface area contributed by atoms with Crippen LogP contribution >= 0.6 is 0 Å². The first-order chi connectivity index (χ1) is 15.9. The highest BCUT2D eigenvalue weighted by atomic mass is 16.5. The zero-order chi connectivity index (χ0) is 23.8. The Morgan fingerprint density at radius 2 is 1.76 bits per heavy atom. The Morgan fingerprint density at radius 1 is 1.06 bits per heavy atom. The van der Waals surface area contributed by atoms with Crippen LogP contribution in [-0.2, 0) is 6.42 Å². The number of benzene rings is 2. The molecule has 3 aromatic rings. The Kier molecular flexibility index (Phi) is 7.64. The normalized spacial score (nSPS) is 10.5. The monoisotopic (exact) mass is 451 g/mol. The number of rotatable bonds is 10. The van der Waals surface area contributed by atoms with E-state index in [-0.39, 0.29) is 23.5 Å². The molecule has 6 N–H and O–H groups in total. The maximum atomic E-state index is 12.4. The summed E-state index contributed by atoms with van der Waals surface area (Å²) in [6, 6.07) is 12.6. The van der Waals surface area contributed by atoms with Crippen LogP contribution in [0.3, 0.4) is 0 Å².